The minimum atomic E-state index is -0.0924. The molecule has 0 atom stereocenters. The Morgan fingerprint density at radius 1 is 1.47 bits per heavy atom. The van der Waals surface area contributed by atoms with Crippen molar-refractivity contribution in [2.45, 2.75) is 6.54 Å². The lowest BCUT2D eigenvalue weighted by atomic mass is 10.3. The second-order valence-electron chi connectivity index (χ2n) is 3.23. The summed E-state index contributed by atoms with van der Waals surface area (Å²) in [5.74, 6) is -0.121. The Balaban J connectivity index is 2.04. The van der Waals surface area contributed by atoms with Crippen molar-refractivity contribution in [1.29, 1.82) is 0 Å². The Hall–Kier alpha value is -0.880. The fourth-order valence-electron chi connectivity index (χ4n) is 1.37. The molecule has 0 aromatic carbocycles. The minimum absolute atomic E-state index is 0.0286. The highest BCUT2D eigenvalue weighted by atomic mass is 79.9. The molecule has 1 aliphatic heterocycles. The third-order valence-corrected chi connectivity index (χ3v) is 3.71. The number of hydrogen-bond donors (Lipinski definition) is 1. The van der Waals surface area contributed by atoms with Gasteiger partial charge in [-0.2, -0.15) is 0 Å². The third-order valence-electron chi connectivity index (χ3n) is 2.10. The first-order valence-electron chi connectivity index (χ1n) is 4.44. The Morgan fingerprint density at radius 2 is 2.27 bits per heavy atom. The predicted octanol–water partition coefficient (Wildman–Crippen LogP) is 0.969. The molecule has 0 unspecified atom stereocenters. The standard InChI is InChI=1S/C9H9BrN2O2S/c10-7-2-1-6(15-7)4-12-5-8(13)11-3-9(12)14/h1-2H,3-5H2,(H,11,13). The molecule has 4 nitrogen and oxygen atoms in total. The van der Waals surface area contributed by atoms with E-state index in [9.17, 15) is 9.59 Å². The lowest BCUT2D eigenvalue weighted by Gasteiger charge is -2.25. The van der Waals surface area contributed by atoms with Crippen molar-refractivity contribution >= 4 is 39.1 Å². The maximum absolute atomic E-state index is 11.5. The summed E-state index contributed by atoms with van der Waals surface area (Å²) in [6.07, 6.45) is 0. The first-order chi connectivity index (χ1) is 7.15. The molecule has 1 fully saturated rings. The molecule has 0 bridgehead atoms. The van der Waals surface area contributed by atoms with Crippen LogP contribution >= 0.6 is 27.3 Å². The van der Waals surface area contributed by atoms with Crippen LogP contribution in [-0.2, 0) is 16.1 Å². The summed E-state index contributed by atoms with van der Waals surface area (Å²) >= 11 is 4.94. The minimum Gasteiger partial charge on any atom is -0.345 e. The van der Waals surface area contributed by atoms with E-state index in [2.05, 4.69) is 21.2 Å². The molecule has 1 aromatic rings. The van der Waals surface area contributed by atoms with Crippen LogP contribution in [0.3, 0.4) is 0 Å². The van der Waals surface area contributed by atoms with E-state index in [1.54, 1.807) is 16.2 Å². The molecule has 0 saturated carbocycles. The fraction of sp³-hybridized carbons (Fsp3) is 0.333. The van der Waals surface area contributed by atoms with Gasteiger partial charge in [0.2, 0.25) is 11.8 Å². The molecule has 80 valence electrons. The normalized spacial score (nSPS) is 16.7. The van der Waals surface area contributed by atoms with Crippen molar-refractivity contribution in [3.8, 4) is 0 Å². The summed E-state index contributed by atoms with van der Waals surface area (Å²) < 4.78 is 1.03. The van der Waals surface area contributed by atoms with Crippen LogP contribution in [0.1, 0.15) is 4.88 Å². The highest BCUT2D eigenvalue weighted by Gasteiger charge is 2.23. The molecule has 1 saturated heterocycles. The number of hydrogen-bond acceptors (Lipinski definition) is 3. The van der Waals surface area contributed by atoms with Gasteiger partial charge in [0.25, 0.3) is 0 Å². The molecule has 1 N–H and O–H groups in total. The third kappa shape index (κ3) is 2.57. The Bertz CT molecular complexity index is 405. The van der Waals surface area contributed by atoms with E-state index in [0.29, 0.717) is 6.54 Å². The van der Waals surface area contributed by atoms with Gasteiger partial charge in [0.05, 0.1) is 23.4 Å². The van der Waals surface area contributed by atoms with Gasteiger partial charge in [0, 0.05) is 4.88 Å². The van der Waals surface area contributed by atoms with Crippen molar-refractivity contribution in [3.63, 3.8) is 0 Å². The van der Waals surface area contributed by atoms with Crippen LogP contribution in [0.5, 0.6) is 0 Å². The molecule has 2 amide bonds. The number of carbonyl (C=O) groups excluding carboxylic acids is 2. The fourth-order valence-corrected chi connectivity index (χ4v) is 2.87. The summed E-state index contributed by atoms with van der Waals surface area (Å²) in [6.45, 7) is 0.794. The van der Waals surface area contributed by atoms with Gasteiger partial charge in [-0.15, -0.1) is 11.3 Å². The van der Waals surface area contributed by atoms with Crippen molar-refractivity contribution in [3.05, 3.63) is 20.8 Å². The first kappa shape index (κ1) is 10.6. The van der Waals surface area contributed by atoms with E-state index in [1.165, 1.54) is 0 Å². The molecule has 2 rings (SSSR count). The second-order valence-corrected chi connectivity index (χ2v) is 5.78. The molecule has 15 heavy (non-hydrogen) atoms. The van der Waals surface area contributed by atoms with Crippen molar-refractivity contribution in [2.75, 3.05) is 13.1 Å². The van der Waals surface area contributed by atoms with Gasteiger partial charge < -0.3 is 10.2 Å². The number of thiophene rings is 1. The molecule has 1 aliphatic rings. The lowest BCUT2D eigenvalue weighted by molar-refractivity contribution is -0.141. The zero-order chi connectivity index (χ0) is 10.8. The quantitative estimate of drug-likeness (QED) is 0.882. The molecule has 0 aliphatic carbocycles. The lowest BCUT2D eigenvalue weighted by Crippen LogP contribution is -2.50. The van der Waals surface area contributed by atoms with Gasteiger partial charge in [-0.3, -0.25) is 9.59 Å². The maximum Gasteiger partial charge on any atom is 0.242 e. The molecule has 0 radical (unpaired) electrons. The first-order valence-corrected chi connectivity index (χ1v) is 6.05. The van der Waals surface area contributed by atoms with E-state index in [1.807, 2.05) is 12.1 Å². The average molecular weight is 289 g/mol. The molecule has 6 heteroatoms. The molecular formula is C9H9BrN2O2S. The number of piperazine rings is 1. The van der Waals surface area contributed by atoms with Gasteiger partial charge in [0.15, 0.2) is 0 Å². The van der Waals surface area contributed by atoms with Crippen LogP contribution in [0, 0.1) is 0 Å². The summed E-state index contributed by atoms with van der Waals surface area (Å²) in [7, 11) is 0. The van der Waals surface area contributed by atoms with Crippen LogP contribution in [0.15, 0.2) is 15.9 Å². The largest absolute Gasteiger partial charge is 0.345 e. The van der Waals surface area contributed by atoms with Crippen LogP contribution in [0.4, 0.5) is 0 Å². The van der Waals surface area contributed by atoms with Gasteiger partial charge >= 0.3 is 0 Å². The molecule has 2 heterocycles. The topological polar surface area (TPSA) is 49.4 Å². The number of carbonyl (C=O) groups is 2. The summed E-state index contributed by atoms with van der Waals surface area (Å²) in [5, 5.41) is 2.52. The van der Waals surface area contributed by atoms with Gasteiger partial charge in [-0.05, 0) is 28.1 Å². The summed E-state index contributed by atoms with van der Waals surface area (Å²) in [4.78, 5) is 25.2. The van der Waals surface area contributed by atoms with E-state index in [4.69, 9.17) is 0 Å². The zero-order valence-electron chi connectivity index (χ0n) is 7.83. The molecule has 1 aromatic heterocycles. The SMILES string of the molecule is O=C1CN(Cc2ccc(Br)s2)C(=O)CN1. The van der Waals surface area contributed by atoms with Gasteiger partial charge in [-0.25, -0.2) is 0 Å². The molecular weight excluding hydrogens is 280 g/mol. The van der Waals surface area contributed by atoms with Gasteiger partial charge in [0.1, 0.15) is 0 Å². The van der Waals surface area contributed by atoms with Crippen molar-refractivity contribution in [1.82, 2.24) is 10.2 Å². The number of nitrogens with zero attached hydrogens (tertiary/aromatic N) is 1. The number of nitrogens with one attached hydrogen (secondary N) is 1. The van der Waals surface area contributed by atoms with Crippen LogP contribution in [0.2, 0.25) is 0 Å². The second kappa shape index (κ2) is 4.32. The summed E-state index contributed by atoms with van der Waals surface area (Å²) in [5.41, 5.74) is 0. The van der Waals surface area contributed by atoms with Crippen molar-refractivity contribution in [2.24, 2.45) is 0 Å². The highest BCUT2D eigenvalue weighted by Crippen LogP contribution is 2.23. The van der Waals surface area contributed by atoms with Crippen LogP contribution in [-0.4, -0.2) is 29.8 Å². The number of amides is 2. The number of halogens is 1. The Labute approximate surface area is 99.4 Å². The van der Waals surface area contributed by atoms with Crippen LogP contribution < -0.4 is 5.32 Å². The number of rotatable bonds is 2. The van der Waals surface area contributed by atoms with E-state index in [0.717, 1.165) is 8.66 Å². The maximum atomic E-state index is 11.5. The van der Waals surface area contributed by atoms with E-state index < -0.39 is 0 Å². The monoisotopic (exact) mass is 288 g/mol. The zero-order valence-corrected chi connectivity index (χ0v) is 10.2. The summed E-state index contributed by atoms with van der Waals surface area (Å²) in [6, 6.07) is 3.89. The smallest absolute Gasteiger partial charge is 0.242 e. The van der Waals surface area contributed by atoms with E-state index in [-0.39, 0.29) is 24.9 Å². The van der Waals surface area contributed by atoms with Crippen LogP contribution in [0.25, 0.3) is 0 Å². The Morgan fingerprint density at radius 3 is 2.93 bits per heavy atom. The molecule has 0 spiro atoms. The van der Waals surface area contributed by atoms with Gasteiger partial charge in [-0.1, -0.05) is 0 Å². The Kier molecular flexibility index (Phi) is 3.06. The predicted molar refractivity (Wildman–Crippen MR) is 60.4 cm³/mol. The van der Waals surface area contributed by atoms with E-state index >= 15 is 0 Å². The average Bonchev–Trinajstić information content (AvgIpc) is 2.58. The van der Waals surface area contributed by atoms with Crippen molar-refractivity contribution < 1.29 is 9.59 Å². The highest BCUT2D eigenvalue weighted by molar-refractivity contribution is 9.11.